The number of rotatable bonds is 4. The molecule has 1 aliphatic carbocycles. The molecule has 2 atom stereocenters. The maximum Gasteiger partial charge on any atom is 0.315 e. The van der Waals surface area contributed by atoms with Crippen LogP contribution in [0.1, 0.15) is 34.3 Å². The molecule has 0 fully saturated rings. The Morgan fingerprint density at radius 2 is 1.97 bits per heavy atom. The number of methoxy groups -OCH3 is 1. The van der Waals surface area contributed by atoms with Crippen LogP contribution in [-0.2, 0) is 9.53 Å². The quantitative estimate of drug-likeness (QED) is 0.691. The third-order valence-electron chi connectivity index (χ3n) is 5.37. The van der Waals surface area contributed by atoms with E-state index >= 15 is 0 Å². The van der Waals surface area contributed by atoms with E-state index in [1.54, 1.807) is 37.3 Å². The number of allylic oxidation sites excluding steroid dienone is 1. The zero-order valence-corrected chi connectivity index (χ0v) is 17.1. The Kier molecular flexibility index (Phi) is 5.15. The van der Waals surface area contributed by atoms with E-state index in [1.807, 2.05) is 18.2 Å². The Morgan fingerprint density at radius 3 is 2.63 bits per heavy atom. The van der Waals surface area contributed by atoms with Gasteiger partial charge < -0.3 is 9.47 Å². The van der Waals surface area contributed by atoms with Crippen LogP contribution in [0.5, 0.6) is 5.75 Å². The van der Waals surface area contributed by atoms with Crippen LogP contribution in [0.15, 0.2) is 53.0 Å². The number of nitriles is 1. The number of halogens is 1. The van der Waals surface area contributed by atoms with Crippen molar-refractivity contribution in [3.05, 3.63) is 69.8 Å². The normalized spacial score (nSPS) is 19.5. The summed E-state index contributed by atoms with van der Waals surface area (Å²) in [4.78, 5) is 30.6. The first-order chi connectivity index (χ1) is 14.5. The molecule has 150 valence electrons. The lowest BCUT2D eigenvalue weighted by Gasteiger charge is -2.30. The zero-order valence-electron chi connectivity index (χ0n) is 16.3. The maximum atomic E-state index is 13.3. The molecule has 7 heteroatoms. The van der Waals surface area contributed by atoms with Crippen LogP contribution in [0, 0.1) is 17.2 Å². The fourth-order valence-electron chi connectivity index (χ4n) is 4.08. The molecule has 2 aromatic carbocycles. The number of fused-ring (bicyclic) bond motifs is 2. The van der Waals surface area contributed by atoms with E-state index < -0.39 is 17.8 Å². The summed E-state index contributed by atoms with van der Waals surface area (Å²) in [5.74, 6) is -1.64. The van der Waals surface area contributed by atoms with Gasteiger partial charge in [-0.05, 0) is 24.6 Å². The van der Waals surface area contributed by atoms with Gasteiger partial charge >= 0.3 is 5.97 Å². The summed E-state index contributed by atoms with van der Waals surface area (Å²) in [7, 11) is 1.31. The predicted molar refractivity (Wildman–Crippen MR) is 112 cm³/mol. The number of ketones is 1. The number of ether oxygens (including phenoxy) is 2. The highest BCUT2D eigenvalue weighted by atomic mass is 35.5. The topological polar surface area (TPSA) is 88.8 Å². The van der Waals surface area contributed by atoms with Gasteiger partial charge in [0, 0.05) is 28.3 Å². The average Bonchev–Trinajstić information content (AvgIpc) is 3.03. The Bertz CT molecular complexity index is 1180. The van der Waals surface area contributed by atoms with E-state index in [-0.39, 0.29) is 17.4 Å². The van der Waals surface area contributed by atoms with Gasteiger partial charge in [0.1, 0.15) is 17.7 Å². The number of nitrogens with zero attached hydrogens (tertiary/aromatic N) is 2. The van der Waals surface area contributed by atoms with Crippen molar-refractivity contribution >= 4 is 34.8 Å². The molecule has 0 bridgehead atoms. The number of Topliss-reactive ketones (excluding diaryl/α,β-unsaturated/α-hetero) is 1. The molecule has 30 heavy (non-hydrogen) atoms. The zero-order chi connectivity index (χ0) is 21.4. The smallest absolute Gasteiger partial charge is 0.315 e. The van der Waals surface area contributed by atoms with Gasteiger partial charge in [-0.3, -0.25) is 14.6 Å². The first-order valence-electron chi connectivity index (χ1n) is 9.28. The van der Waals surface area contributed by atoms with Gasteiger partial charge in [0.05, 0.1) is 17.8 Å². The third-order valence-corrected chi connectivity index (χ3v) is 5.67. The van der Waals surface area contributed by atoms with Crippen molar-refractivity contribution in [1.29, 1.82) is 5.26 Å². The van der Waals surface area contributed by atoms with Crippen LogP contribution in [0.4, 0.5) is 0 Å². The van der Waals surface area contributed by atoms with Crippen LogP contribution in [0.2, 0.25) is 5.02 Å². The molecule has 0 radical (unpaired) electrons. The van der Waals surface area contributed by atoms with Crippen LogP contribution < -0.4 is 4.74 Å². The van der Waals surface area contributed by atoms with Crippen molar-refractivity contribution < 1.29 is 19.1 Å². The maximum absolute atomic E-state index is 13.3. The summed E-state index contributed by atoms with van der Waals surface area (Å²) in [6.07, 6.45) is 0. The van der Waals surface area contributed by atoms with Crippen molar-refractivity contribution in [2.24, 2.45) is 10.9 Å². The molecule has 0 aromatic heterocycles. The molecule has 0 spiro atoms. The Balaban J connectivity index is 1.88. The van der Waals surface area contributed by atoms with Gasteiger partial charge in [-0.15, -0.1) is 0 Å². The molecule has 0 amide bonds. The van der Waals surface area contributed by atoms with Crippen LogP contribution in [-0.4, -0.2) is 31.2 Å². The van der Waals surface area contributed by atoms with Gasteiger partial charge in [-0.2, -0.15) is 5.26 Å². The molecule has 4 rings (SSSR count). The van der Waals surface area contributed by atoms with E-state index in [0.717, 1.165) is 5.56 Å². The number of benzene rings is 2. The summed E-state index contributed by atoms with van der Waals surface area (Å²) in [6.45, 7) is 1.62. The lowest BCUT2D eigenvalue weighted by Crippen LogP contribution is -2.34. The van der Waals surface area contributed by atoms with Gasteiger partial charge in [0.15, 0.2) is 12.4 Å². The molecule has 2 aliphatic rings. The number of esters is 1. The Morgan fingerprint density at radius 1 is 1.23 bits per heavy atom. The van der Waals surface area contributed by atoms with Crippen molar-refractivity contribution in [2.75, 3.05) is 13.7 Å². The Hall–Kier alpha value is -3.43. The SMILES string of the molecule is COC(=O)C1C(C)=NC2=C(C(=O)c3ccccc32)[C@@H]1c1ccc(OCC#N)c(Cl)c1. The highest BCUT2D eigenvalue weighted by Gasteiger charge is 2.46. The molecule has 6 nitrogen and oxygen atoms in total. The number of carbonyl (C=O) groups is 2. The van der Waals surface area contributed by atoms with Gasteiger partial charge in [-0.25, -0.2) is 0 Å². The van der Waals surface area contributed by atoms with E-state index in [1.165, 1.54) is 7.11 Å². The van der Waals surface area contributed by atoms with E-state index in [0.29, 0.717) is 33.9 Å². The molecule has 0 saturated heterocycles. The van der Waals surface area contributed by atoms with Crippen molar-refractivity contribution in [3.8, 4) is 11.8 Å². The molecular formula is C23H17ClN2O4. The van der Waals surface area contributed by atoms with Crippen molar-refractivity contribution in [1.82, 2.24) is 0 Å². The Labute approximate surface area is 178 Å². The van der Waals surface area contributed by atoms with Gasteiger partial charge in [-0.1, -0.05) is 41.9 Å². The second kappa shape index (κ2) is 7.77. The number of hydrogen-bond acceptors (Lipinski definition) is 6. The summed E-state index contributed by atoms with van der Waals surface area (Å²) in [5.41, 5.74) is 3.59. The summed E-state index contributed by atoms with van der Waals surface area (Å²) in [5, 5.41) is 9.01. The van der Waals surface area contributed by atoms with E-state index in [2.05, 4.69) is 4.99 Å². The molecule has 1 heterocycles. The van der Waals surface area contributed by atoms with Gasteiger partial charge in [0.25, 0.3) is 0 Å². The fourth-order valence-corrected chi connectivity index (χ4v) is 4.32. The van der Waals surface area contributed by atoms with Crippen molar-refractivity contribution in [3.63, 3.8) is 0 Å². The summed E-state index contributed by atoms with van der Waals surface area (Å²) in [6, 6.07) is 14.2. The van der Waals surface area contributed by atoms with Crippen LogP contribution >= 0.6 is 11.6 Å². The standard InChI is InChI=1S/C23H17ClN2O4/c1-12-18(23(28)29-2)19(13-7-8-17(16(24)11-13)30-10-9-25)20-21(26-12)14-5-3-4-6-15(14)22(20)27/h3-8,11,18-19H,10H2,1-2H3/t18?,19-/m1/s1. The number of aliphatic imine (C=N–C) groups is 1. The summed E-state index contributed by atoms with van der Waals surface area (Å²) < 4.78 is 10.3. The first-order valence-corrected chi connectivity index (χ1v) is 9.66. The largest absolute Gasteiger partial charge is 0.477 e. The second-order valence-electron chi connectivity index (χ2n) is 7.01. The van der Waals surface area contributed by atoms with Crippen molar-refractivity contribution in [2.45, 2.75) is 12.8 Å². The number of carbonyl (C=O) groups excluding carboxylic acids is 2. The molecular weight excluding hydrogens is 404 g/mol. The first kappa shape index (κ1) is 19.9. The average molecular weight is 421 g/mol. The minimum Gasteiger partial charge on any atom is -0.477 e. The molecule has 1 unspecified atom stereocenters. The molecule has 1 aliphatic heterocycles. The third kappa shape index (κ3) is 3.08. The van der Waals surface area contributed by atoms with E-state index in [4.69, 9.17) is 26.3 Å². The van der Waals surface area contributed by atoms with E-state index in [9.17, 15) is 9.59 Å². The predicted octanol–water partition coefficient (Wildman–Crippen LogP) is 4.20. The molecule has 0 saturated carbocycles. The highest BCUT2D eigenvalue weighted by Crippen LogP contribution is 2.48. The minimum absolute atomic E-state index is 0.137. The minimum atomic E-state index is -0.756. The fraction of sp³-hybridized carbons (Fsp3) is 0.217. The van der Waals surface area contributed by atoms with Crippen LogP contribution in [0.3, 0.4) is 0 Å². The van der Waals surface area contributed by atoms with Gasteiger partial charge in [0.2, 0.25) is 0 Å². The molecule has 2 aromatic rings. The highest BCUT2D eigenvalue weighted by molar-refractivity contribution is 6.32. The lowest BCUT2D eigenvalue weighted by molar-refractivity contribution is -0.143. The second-order valence-corrected chi connectivity index (χ2v) is 7.41. The molecule has 0 N–H and O–H groups in total. The monoisotopic (exact) mass is 420 g/mol. The lowest BCUT2D eigenvalue weighted by atomic mass is 9.75. The van der Waals surface area contributed by atoms with Crippen LogP contribution in [0.25, 0.3) is 5.70 Å². The number of hydrogen-bond donors (Lipinski definition) is 0. The summed E-state index contributed by atoms with van der Waals surface area (Å²) >= 11 is 6.37.